The highest BCUT2D eigenvalue weighted by atomic mass is 16.5. The minimum Gasteiger partial charge on any atom is -0.497 e. The third-order valence-electron chi connectivity index (χ3n) is 4.18. The fraction of sp³-hybridized carbons (Fsp3) is 0.250. The molecule has 0 radical (unpaired) electrons. The van der Waals surface area contributed by atoms with E-state index in [0.717, 1.165) is 36.5 Å². The molecule has 4 heteroatoms. The molecule has 0 saturated carbocycles. The number of nitrogens with two attached hydrogens (primary N) is 1. The van der Waals surface area contributed by atoms with Crippen molar-refractivity contribution in [2.45, 2.75) is 25.9 Å². The van der Waals surface area contributed by atoms with Gasteiger partial charge in [-0.25, -0.2) is 4.98 Å². The van der Waals surface area contributed by atoms with Gasteiger partial charge in [-0.15, -0.1) is 0 Å². The van der Waals surface area contributed by atoms with E-state index in [2.05, 4.69) is 45.9 Å². The first-order valence-electron chi connectivity index (χ1n) is 8.19. The van der Waals surface area contributed by atoms with Gasteiger partial charge < -0.3 is 15.0 Å². The molecule has 3 aromatic rings. The fourth-order valence-electron chi connectivity index (χ4n) is 2.81. The molecule has 1 heterocycles. The van der Waals surface area contributed by atoms with Crippen LogP contribution in [0.5, 0.6) is 5.75 Å². The summed E-state index contributed by atoms with van der Waals surface area (Å²) in [4.78, 5) is 4.52. The molecule has 4 nitrogen and oxygen atoms in total. The summed E-state index contributed by atoms with van der Waals surface area (Å²) in [7, 11) is 1.69. The van der Waals surface area contributed by atoms with E-state index in [1.165, 1.54) is 11.1 Å². The summed E-state index contributed by atoms with van der Waals surface area (Å²) < 4.78 is 7.41. The summed E-state index contributed by atoms with van der Waals surface area (Å²) in [5, 5.41) is 0. The summed E-state index contributed by atoms with van der Waals surface area (Å²) in [5.74, 6) is 1.99. The highest BCUT2D eigenvalue weighted by Crippen LogP contribution is 2.14. The number of imidazole rings is 1. The summed E-state index contributed by atoms with van der Waals surface area (Å²) in [6.07, 6.45) is 5.79. The van der Waals surface area contributed by atoms with Gasteiger partial charge in [0.15, 0.2) is 0 Å². The predicted octanol–water partition coefficient (Wildman–Crippen LogP) is 3.18. The Morgan fingerprint density at radius 1 is 1.00 bits per heavy atom. The molecule has 0 unspecified atom stereocenters. The van der Waals surface area contributed by atoms with Gasteiger partial charge in [0.1, 0.15) is 11.6 Å². The van der Waals surface area contributed by atoms with Crippen LogP contribution < -0.4 is 10.5 Å². The van der Waals surface area contributed by atoms with Crippen LogP contribution in [0, 0.1) is 0 Å². The maximum atomic E-state index is 5.73. The summed E-state index contributed by atoms with van der Waals surface area (Å²) in [5.41, 5.74) is 9.43. The molecular weight excluding hydrogens is 298 g/mol. The molecule has 24 heavy (non-hydrogen) atoms. The van der Waals surface area contributed by atoms with Crippen molar-refractivity contribution in [1.82, 2.24) is 9.55 Å². The Kier molecular flexibility index (Phi) is 5.29. The lowest BCUT2D eigenvalue weighted by Crippen LogP contribution is -2.06. The highest BCUT2D eigenvalue weighted by Gasteiger charge is 2.05. The second kappa shape index (κ2) is 7.79. The molecule has 0 bridgehead atoms. The fourth-order valence-corrected chi connectivity index (χ4v) is 2.81. The van der Waals surface area contributed by atoms with Gasteiger partial charge in [-0.2, -0.15) is 0 Å². The van der Waals surface area contributed by atoms with E-state index in [1.807, 2.05) is 24.5 Å². The lowest BCUT2D eigenvalue weighted by atomic mass is 10.1. The standard InChI is InChI=1S/C20H23N3O/c1-24-19-8-5-16(6-9-19)7-10-20-22-11-12-23(20)15-18-4-2-3-17(13-18)14-21/h2-6,8-9,11-13H,7,10,14-15,21H2,1H3. The molecule has 0 aliphatic rings. The number of aromatic nitrogens is 2. The van der Waals surface area contributed by atoms with Gasteiger partial charge in [0.25, 0.3) is 0 Å². The first kappa shape index (κ1) is 16.3. The molecular formula is C20H23N3O. The van der Waals surface area contributed by atoms with Gasteiger partial charge in [-0.05, 0) is 35.2 Å². The minimum atomic E-state index is 0.572. The van der Waals surface area contributed by atoms with Gasteiger partial charge in [0, 0.05) is 31.9 Å². The highest BCUT2D eigenvalue weighted by molar-refractivity contribution is 5.27. The molecule has 0 spiro atoms. The topological polar surface area (TPSA) is 53.1 Å². The number of methoxy groups -OCH3 is 1. The Labute approximate surface area is 142 Å². The monoisotopic (exact) mass is 321 g/mol. The third-order valence-corrected chi connectivity index (χ3v) is 4.18. The number of ether oxygens (including phenoxy) is 1. The molecule has 0 saturated heterocycles. The number of nitrogens with zero attached hydrogens (tertiary/aromatic N) is 2. The Balaban J connectivity index is 1.66. The van der Waals surface area contributed by atoms with Crippen LogP contribution in [0.3, 0.4) is 0 Å². The van der Waals surface area contributed by atoms with Crippen molar-refractivity contribution in [1.29, 1.82) is 0 Å². The largest absolute Gasteiger partial charge is 0.497 e. The molecule has 0 aliphatic heterocycles. The van der Waals surface area contributed by atoms with Crippen molar-refractivity contribution in [3.63, 3.8) is 0 Å². The van der Waals surface area contributed by atoms with Crippen LogP contribution in [0.15, 0.2) is 60.9 Å². The Bertz CT molecular complexity index is 778. The lowest BCUT2D eigenvalue weighted by molar-refractivity contribution is 0.414. The zero-order valence-corrected chi connectivity index (χ0v) is 14.0. The minimum absolute atomic E-state index is 0.572. The molecule has 124 valence electrons. The molecule has 0 fully saturated rings. The number of aryl methyl sites for hydroxylation is 2. The van der Waals surface area contributed by atoms with Crippen molar-refractivity contribution < 1.29 is 4.74 Å². The van der Waals surface area contributed by atoms with E-state index in [0.29, 0.717) is 6.54 Å². The van der Waals surface area contributed by atoms with E-state index in [-0.39, 0.29) is 0 Å². The number of benzene rings is 2. The van der Waals surface area contributed by atoms with Crippen LogP contribution in [-0.4, -0.2) is 16.7 Å². The Morgan fingerprint density at radius 2 is 1.79 bits per heavy atom. The van der Waals surface area contributed by atoms with Gasteiger partial charge in [0.2, 0.25) is 0 Å². The SMILES string of the molecule is COc1ccc(CCc2nccn2Cc2cccc(CN)c2)cc1. The Hall–Kier alpha value is -2.59. The summed E-state index contributed by atoms with van der Waals surface area (Å²) >= 11 is 0. The van der Waals surface area contributed by atoms with Crippen molar-refractivity contribution >= 4 is 0 Å². The van der Waals surface area contributed by atoms with Crippen molar-refractivity contribution in [3.05, 3.63) is 83.4 Å². The zero-order valence-electron chi connectivity index (χ0n) is 14.0. The van der Waals surface area contributed by atoms with Crippen LogP contribution in [0.1, 0.15) is 22.5 Å². The summed E-state index contributed by atoms with van der Waals surface area (Å²) in [6, 6.07) is 16.6. The van der Waals surface area contributed by atoms with E-state index in [9.17, 15) is 0 Å². The average Bonchev–Trinajstić information content (AvgIpc) is 3.07. The van der Waals surface area contributed by atoms with Gasteiger partial charge in [0.05, 0.1) is 7.11 Å². The third kappa shape index (κ3) is 4.03. The second-order valence-corrected chi connectivity index (χ2v) is 5.84. The molecule has 0 aliphatic carbocycles. The van der Waals surface area contributed by atoms with Crippen molar-refractivity contribution in [2.75, 3.05) is 7.11 Å². The van der Waals surface area contributed by atoms with Crippen LogP contribution >= 0.6 is 0 Å². The maximum Gasteiger partial charge on any atom is 0.118 e. The van der Waals surface area contributed by atoms with Gasteiger partial charge in [-0.3, -0.25) is 0 Å². The molecule has 0 atom stereocenters. The maximum absolute atomic E-state index is 5.73. The molecule has 2 N–H and O–H groups in total. The van der Waals surface area contributed by atoms with Crippen molar-refractivity contribution in [2.24, 2.45) is 5.73 Å². The van der Waals surface area contributed by atoms with Gasteiger partial charge >= 0.3 is 0 Å². The van der Waals surface area contributed by atoms with E-state index >= 15 is 0 Å². The van der Waals surface area contributed by atoms with Crippen LogP contribution in [0.2, 0.25) is 0 Å². The average molecular weight is 321 g/mol. The van der Waals surface area contributed by atoms with Crippen LogP contribution in [0.25, 0.3) is 0 Å². The van der Waals surface area contributed by atoms with Crippen molar-refractivity contribution in [3.8, 4) is 5.75 Å². The second-order valence-electron chi connectivity index (χ2n) is 5.84. The number of rotatable bonds is 7. The molecule has 2 aromatic carbocycles. The van der Waals surface area contributed by atoms with E-state index in [4.69, 9.17) is 10.5 Å². The van der Waals surface area contributed by atoms with Crippen LogP contribution in [-0.2, 0) is 25.9 Å². The number of hydrogen-bond acceptors (Lipinski definition) is 3. The quantitative estimate of drug-likeness (QED) is 0.727. The normalized spacial score (nSPS) is 10.8. The molecule has 1 aromatic heterocycles. The first-order valence-corrected chi connectivity index (χ1v) is 8.19. The van der Waals surface area contributed by atoms with E-state index in [1.54, 1.807) is 7.11 Å². The van der Waals surface area contributed by atoms with Gasteiger partial charge in [-0.1, -0.05) is 36.4 Å². The lowest BCUT2D eigenvalue weighted by Gasteiger charge is -2.09. The zero-order chi connectivity index (χ0) is 16.8. The Morgan fingerprint density at radius 3 is 2.54 bits per heavy atom. The van der Waals surface area contributed by atoms with E-state index < -0.39 is 0 Å². The first-order chi connectivity index (χ1) is 11.8. The summed E-state index contributed by atoms with van der Waals surface area (Å²) in [6.45, 7) is 1.40. The number of hydrogen-bond donors (Lipinski definition) is 1. The molecule has 3 rings (SSSR count). The molecule has 0 amide bonds. The predicted molar refractivity (Wildman–Crippen MR) is 96.1 cm³/mol. The smallest absolute Gasteiger partial charge is 0.118 e. The van der Waals surface area contributed by atoms with Crippen LogP contribution in [0.4, 0.5) is 0 Å².